The Morgan fingerprint density at radius 1 is 1.38 bits per heavy atom. The third-order valence-electron chi connectivity index (χ3n) is 2.91. The van der Waals surface area contributed by atoms with Gasteiger partial charge in [-0.2, -0.15) is 0 Å². The monoisotopic (exact) mass is 331 g/mol. The molecule has 88 valence electrons. The number of hydrogen-bond donors (Lipinski definition) is 1. The highest BCUT2D eigenvalue weighted by Crippen LogP contribution is 2.25. The van der Waals surface area contributed by atoms with E-state index in [1.807, 2.05) is 0 Å². The predicted molar refractivity (Wildman–Crippen MR) is 75.2 cm³/mol. The maximum Gasteiger partial charge on any atom is 0.0952 e. The molecule has 1 N–H and O–H groups in total. The van der Waals surface area contributed by atoms with Crippen LogP contribution in [0.1, 0.15) is 23.7 Å². The van der Waals surface area contributed by atoms with Crippen LogP contribution in [0.5, 0.6) is 0 Å². The van der Waals surface area contributed by atoms with Gasteiger partial charge >= 0.3 is 0 Å². The molecule has 1 unspecified atom stereocenters. The van der Waals surface area contributed by atoms with Crippen molar-refractivity contribution in [2.24, 2.45) is 0 Å². The summed E-state index contributed by atoms with van der Waals surface area (Å²) >= 11 is 2.41. The van der Waals surface area contributed by atoms with Gasteiger partial charge in [-0.05, 0) is 30.5 Å². The Labute approximate surface area is 111 Å². The number of nitrogens with one attached hydrogen (secondary N) is 1. The summed E-state index contributed by atoms with van der Waals surface area (Å²) in [6.07, 6.45) is 2.54. The van der Waals surface area contributed by atoms with Gasteiger partial charge < -0.3 is 10.1 Å². The largest absolute Gasteiger partial charge is 0.372 e. The van der Waals surface area contributed by atoms with Crippen LogP contribution >= 0.6 is 22.6 Å². The first-order chi connectivity index (χ1) is 7.92. The first kappa shape index (κ1) is 12.3. The number of hydrogen-bond acceptors (Lipinski definition) is 2. The Morgan fingerprint density at radius 3 is 3.12 bits per heavy atom. The minimum absolute atomic E-state index is 0.249. The van der Waals surface area contributed by atoms with Crippen molar-refractivity contribution in [3.63, 3.8) is 0 Å². The molecule has 0 saturated heterocycles. The van der Waals surface area contributed by atoms with Gasteiger partial charge in [0, 0.05) is 11.0 Å². The Balaban J connectivity index is 1.91. The van der Waals surface area contributed by atoms with Gasteiger partial charge in [-0.15, -0.1) is 0 Å². The molecule has 0 aliphatic carbocycles. The van der Waals surface area contributed by atoms with Gasteiger partial charge in [0.1, 0.15) is 0 Å². The number of alkyl halides is 1. The van der Waals surface area contributed by atoms with Crippen LogP contribution in [0.25, 0.3) is 0 Å². The van der Waals surface area contributed by atoms with Gasteiger partial charge in [-0.25, -0.2) is 0 Å². The summed E-state index contributed by atoms with van der Waals surface area (Å²) in [6.45, 7) is 2.88. The van der Waals surface area contributed by atoms with Crippen molar-refractivity contribution in [3.8, 4) is 0 Å². The predicted octanol–water partition coefficient (Wildman–Crippen LogP) is 2.72. The zero-order chi connectivity index (χ0) is 11.2. The van der Waals surface area contributed by atoms with Gasteiger partial charge in [-0.1, -0.05) is 46.9 Å². The van der Waals surface area contributed by atoms with Crippen molar-refractivity contribution in [2.75, 3.05) is 24.1 Å². The molecule has 0 saturated carbocycles. The van der Waals surface area contributed by atoms with Crippen LogP contribution in [-0.2, 0) is 11.2 Å². The number of ether oxygens (including phenoxy) is 1. The van der Waals surface area contributed by atoms with E-state index >= 15 is 0 Å². The third-order valence-corrected chi connectivity index (χ3v) is 3.67. The van der Waals surface area contributed by atoms with E-state index in [2.05, 4.69) is 52.2 Å². The molecule has 0 aromatic heterocycles. The number of fused-ring (bicyclic) bond motifs is 1. The van der Waals surface area contributed by atoms with E-state index in [1.165, 1.54) is 22.0 Å². The summed E-state index contributed by atoms with van der Waals surface area (Å²) in [4.78, 5) is 0. The second-order valence-electron chi connectivity index (χ2n) is 4.05. The van der Waals surface area contributed by atoms with E-state index in [4.69, 9.17) is 4.74 Å². The summed E-state index contributed by atoms with van der Waals surface area (Å²) in [5.41, 5.74) is 2.82. The Hall–Kier alpha value is -0.130. The van der Waals surface area contributed by atoms with Crippen LogP contribution in [0.3, 0.4) is 0 Å². The topological polar surface area (TPSA) is 21.3 Å². The van der Waals surface area contributed by atoms with Crippen molar-refractivity contribution in [3.05, 3.63) is 35.4 Å². The first-order valence-corrected chi connectivity index (χ1v) is 7.40. The van der Waals surface area contributed by atoms with E-state index in [-0.39, 0.29) is 6.10 Å². The van der Waals surface area contributed by atoms with Gasteiger partial charge in [0.25, 0.3) is 0 Å². The molecule has 1 aromatic rings. The second kappa shape index (κ2) is 6.57. The summed E-state index contributed by atoms with van der Waals surface area (Å²) in [6, 6.07) is 8.63. The summed E-state index contributed by atoms with van der Waals surface area (Å²) < 4.78 is 7.04. The van der Waals surface area contributed by atoms with Gasteiger partial charge in [0.05, 0.1) is 12.7 Å². The van der Waals surface area contributed by atoms with Crippen molar-refractivity contribution in [2.45, 2.75) is 18.9 Å². The van der Waals surface area contributed by atoms with Gasteiger partial charge in [0.2, 0.25) is 0 Å². The van der Waals surface area contributed by atoms with Crippen LogP contribution in [0.15, 0.2) is 24.3 Å². The lowest BCUT2D eigenvalue weighted by molar-refractivity contribution is 0.0427. The molecule has 2 rings (SSSR count). The standard InChI is InChI=1S/C13H18INO/c14-7-3-8-15-10-13-12-5-2-1-4-11(12)6-9-16-13/h1-2,4-5,13,15H,3,6-10H2. The van der Waals surface area contributed by atoms with Crippen molar-refractivity contribution < 1.29 is 4.74 Å². The van der Waals surface area contributed by atoms with Crippen molar-refractivity contribution >= 4 is 22.6 Å². The highest BCUT2D eigenvalue weighted by molar-refractivity contribution is 14.1. The zero-order valence-electron chi connectivity index (χ0n) is 9.42. The van der Waals surface area contributed by atoms with Crippen LogP contribution in [-0.4, -0.2) is 24.1 Å². The van der Waals surface area contributed by atoms with E-state index in [9.17, 15) is 0 Å². The molecule has 1 aliphatic heterocycles. The van der Waals surface area contributed by atoms with Gasteiger partial charge in [-0.3, -0.25) is 0 Å². The normalized spacial score (nSPS) is 19.4. The molecule has 0 spiro atoms. The maximum absolute atomic E-state index is 5.82. The van der Waals surface area contributed by atoms with Crippen LogP contribution in [0, 0.1) is 0 Å². The smallest absolute Gasteiger partial charge is 0.0952 e. The van der Waals surface area contributed by atoms with Crippen molar-refractivity contribution in [1.29, 1.82) is 0 Å². The number of halogens is 1. The molecule has 2 nitrogen and oxygen atoms in total. The zero-order valence-corrected chi connectivity index (χ0v) is 11.6. The third kappa shape index (κ3) is 3.18. The lowest BCUT2D eigenvalue weighted by atomic mass is 9.97. The molecule has 0 amide bonds. The Morgan fingerprint density at radius 2 is 2.25 bits per heavy atom. The molecular weight excluding hydrogens is 313 g/mol. The lowest BCUT2D eigenvalue weighted by Gasteiger charge is -2.26. The van der Waals surface area contributed by atoms with Gasteiger partial charge in [0.15, 0.2) is 0 Å². The van der Waals surface area contributed by atoms with E-state index in [0.717, 1.165) is 26.1 Å². The molecule has 16 heavy (non-hydrogen) atoms. The molecule has 3 heteroatoms. The number of benzene rings is 1. The molecule has 0 bridgehead atoms. The fourth-order valence-electron chi connectivity index (χ4n) is 2.07. The fraction of sp³-hybridized carbons (Fsp3) is 0.538. The maximum atomic E-state index is 5.82. The first-order valence-electron chi connectivity index (χ1n) is 5.88. The molecular formula is C13H18INO. The fourth-order valence-corrected chi connectivity index (χ4v) is 2.45. The average molecular weight is 331 g/mol. The molecule has 1 atom stereocenters. The van der Waals surface area contributed by atoms with E-state index in [1.54, 1.807) is 0 Å². The van der Waals surface area contributed by atoms with E-state index < -0.39 is 0 Å². The highest BCUT2D eigenvalue weighted by atomic mass is 127. The van der Waals surface area contributed by atoms with E-state index in [0.29, 0.717) is 0 Å². The summed E-state index contributed by atoms with van der Waals surface area (Å²) in [7, 11) is 0. The molecule has 1 aliphatic rings. The minimum atomic E-state index is 0.249. The van der Waals surface area contributed by atoms with Crippen molar-refractivity contribution in [1.82, 2.24) is 5.32 Å². The Bertz CT molecular complexity index is 329. The average Bonchev–Trinajstić information content (AvgIpc) is 2.35. The lowest BCUT2D eigenvalue weighted by Crippen LogP contribution is -2.28. The molecule has 0 radical (unpaired) electrons. The Kier molecular flexibility index (Phi) is 5.06. The SMILES string of the molecule is ICCCNCC1OCCc2ccccc21. The summed E-state index contributed by atoms with van der Waals surface area (Å²) in [5.74, 6) is 0. The number of rotatable bonds is 5. The van der Waals surface area contributed by atoms with Crippen LogP contribution < -0.4 is 5.32 Å². The minimum Gasteiger partial charge on any atom is -0.372 e. The quantitative estimate of drug-likeness (QED) is 0.509. The molecule has 0 fully saturated rings. The molecule has 1 heterocycles. The molecule has 1 aromatic carbocycles. The summed E-state index contributed by atoms with van der Waals surface area (Å²) in [5, 5.41) is 3.47. The second-order valence-corrected chi connectivity index (χ2v) is 5.13. The van der Waals surface area contributed by atoms with Crippen LogP contribution in [0.2, 0.25) is 0 Å². The highest BCUT2D eigenvalue weighted by Gasteiger charge is 2.19. The van der Waals surface area contributed by atoms with Crippen LogP contribution in [0.4, 0.5) is 0 Å².